The van der Waals surface area contributed by atoms with E-state index >= 15 is 0 Å². The van der Waals surface area contributed by atoms with E-state index in [-0.39, 0.29) is 28.6 Å². The number of hydrogen-bond donors (Lipinski definition) is 0. The van der Waals surface area contributed by atoms with E-state index in [0.29, 0.717) is 12.8 Å². The van der Waals surface area contributed by atoms with E-state index in [1.807, 2.05) is 51.4 Å². The van der Waals surface area contributed by atoms with Crippen LogP contribution in [-0.4, -0.2) is 11.6 Å². The third-order valence-corrected chi connectivity index (χ3v) is 3.98. The van der Waals surface area contributed by atoms with Crippen molar-refractivity contribution in [2.24, 2.45) is 0 Å². The molecule has 2 nitrogen and oxygen atoms in total. The van der Waals surface area contributed by atoms with Gasteiger partial charge in [-0.2, -0.15) is 0 Å². The normalized spacial score (nSPS) is 17.7. The van der Waals surface area contributed by atoms with Gasteiger partial charge in [0.15, 0.2) is 0 Å². The number of hydrogen-bond acceptors (Lipinski definition) is 2. The van der Waals surface area contributed by atoms with Crippen molar-refractivity contribution >= 4 is 11.6 Å². The second-order valence-corrected chi connectivity index (χ2v) is 6.11. The molecule has 2 rings (SSSR count). The number of carbonyl (C=O) groups is 2. The molecule has 0 heterocycles. The number of unbranched alkanes of at least 4 members (excludes halogenated alkanes) is 4. The van der Waals surface area contributed by atoms with Gasteiger partial charge in [-0.3, -0.25) is 9.59 Å². The van der Waals surface area contributed by atoms with Crippen LogP contribution in [0.4, 0.5) is 0 Å². The zero-order chi connectivity index (χ0) is 17.6. The van der Waals surface area contributed by atoms with Crippen molar-refractivity contribution in [3.8, 4) is 0 Å². The summed E-state index contributed by atoms with van der Waals surface area (Å²) >= 11 is 0. The molecule has 0 saturated heterocycles. The van der Waals surface area contributed by atoms with Gasteiger partial charge >= 0.3 is 17.1 Å². The molecule has 3 heteroatoms. The standard InChI is InChI=1S/2C11H15O.Fe/c2*1-2-3-4-9-11(12)10-7-5-6-8-10;/h2*5-8H,2-4,9H2,1H3;/q;;+2. The largest absolute Gasteiger partial charge is 2.00 e. The summed E-state index contributed by atoms with van der Waals surface area (Å²) in [7, 11) is 0. The molecule has 10 radical (unpaired) electrons. The van der Waals surface area contributed by atoms with Crippen LogP contribution < -0.4 is 0 Å². The van der Waals surface area contributed by atoms with E-state index in [2.05, 4.69) is 13.8 Å². The predicted molar refractivity (Wildman–Crippen MR) is 99.2 cm³/mol. The van der Waals surface area contributed by atoms with Gasteiger partial charge in [0.25, 0.3) is 0 Å². The molecule has 0 aliphatic heterocycles. The SMILES string of the molecule is CCCCCC(=O)[C]1[CH][CH][CH][CH]1.CCCCCC(=O)[C]1[CH][CH][CH][CH]1.[Fe+2]. The molecule has 0 bridgehead atoms. The minimum atomic E-state index is 0. The molecule has 2 saturated carbocycles. The van der Waals surface area contributed by atoms with E-state index in [1.165, 1.54) is 12.8 Å². The second-order valence-electron chi connectivity index (χ2n) is 6.11. The molecule has 0 aromatic rings. The average Bonchev–Trinajstić information content (AvgIpc) is 3.29. The van der Waals surface area contributed by atoms with Crippen LogP contribution in [0.25, 0.3) is 0 Å². The molecule has 136 valence electrons. The first-order valence-electron chi connectivity index (χ1n) is 9.18. The third-order valence-electron chi connectivity index (χ3n) is 3.98. The fourth-order valence-electron chi connectivity index (χ4n) is 2.48. The summed E-state index contributed by atoms with van der Waals surface area (Å²) in [5, 5.41) is 0. The van der Waals surface area contributed by atoms with Crippen molar-refractivity contribution in [1.29, 1.82) is 0 Å². The van der Waals surface area contributed by atoms with Gasteiger partial charge in [0.1, 0.15) is 11.6 Å². The third kappa shape index (κ3) is 11.2. The van der Waals surface area contributed by atoms with Crippen molar-refractivity contribution < 1.29 is 26.7 Å². The van der Waals surface area contributed by atoms with Gasteiger partial charge in [-0.15, -0.1) is 0 Å². The van der Waals surface area contributed by atoms with Gasteiger partial charge in [0.05, 0.1) is 0 Å². The Morgan fingerprint density at radius 3 is 1.24 bits per heavy atom. The topological polar surface area (TPSA) is 34.1 Å². The van der Waals surface area contributed by atoms with Gasteiger partial charge in [-0.25, -0.2) is 0 Å². The summed E-state index contributed by atoms with van der Waals surface area (Å²) in [6.07, 6.45) is 23.3. The monoisotopic (exact) mass is 382 g/mol. The number of ketones is 2. The Morgan fingerprint density at radius 2 is 0.960 bits per heavy atom. The summed E-state index contributed by atoms with van der Waals surface area (Å²) in [5.41, 5.74) is 0. The summed E-state index contributed by atoms with van der Waals surface area (Å²) in [5.74, 6) is 2.30. The Labute approximate surface area is 166 Å². The maximum Gasteiger partial charge on any atom is 2.00 e. The van der Waals surface area contributed by atoms with E-state index in [4.69, 9.17) is 0 Å². The Balaban J connectivity index is 0.000000443. The molecule has 25 heavy (non-hydrogen) atoms. The quantitative estimate of drug-likeness (QED) is 0.390. The first-order valence-corrected chi connectivity index (χ1v) is 9.18. The van der Waals surface area contributed by atoms with E-state index in [1.54, 1.807) is 0 Å². The molecule has 2 aliphatic rings. The fraction of sp³-hybridized carbons (Fsp3) is 0.455. The predicted octanol–water partition coefficient (Wildman–Crippen LogP) is 5.08. The van der Waals surface area contributed by atoms with Crippen LogP contribution >= 0.6 is 0 Å². The fourth-order valence-corrected chi connectivity index (χ4v) is 2.48. The van der Waals surface area contributed by atoms with Crippen LogP contribution in [0, 0.1) is 63.2 Å². The maximum atomic E-state index is 11.4. The molecule has 0 aromatic heterocycles. The zero-order valence-corrected chi connectivity index (χ0v) is 16.5. The van der Waals surface area contributed by atoms with Gasteiger partial charge in [0.2, 0.25) is 0 Å². The summed E-state index contributed by atoms with van der Waals surface area (Å²) in [6, 6.07) is 0. The summed E-state index contributed by atoms with van der Waals surface area (Å²) < 4.78 is 0. The molecule has 0 atom stereocenters. The van der Waals surface area contributed by atoms with Crippen molar-refractivity contribution in [1.82, 2.24) is 0 Å². The van der Waals surface area contributed by atoms with E-state index in [0.717, 1.165) is 37.5 Å². The first kappa shape index (κ1) is 24.9. The van der Waals surface area contributed by atoms with Crippen molar-refractivity contribution in [2.45, 2.75) is 65.2 Å². The molecule has 2 fully saturated rings. The Kier molecular flexibility index (Phi) is 16.0. The molecule has 0 aromatic carbocycles. The van der Waals surface area contributed by atoms with Crippen LogP contribution in [0.15, 0.2) is 0 Å². The number of carbonyl (C=O) groups excluding carboxylic acids is 2. The smallest absolute Gasteiger partial charge is 0.299 e. The van der Waals surface area contributed by atoms with Crippen LogP contribution in [-0.2, 0) is 26.7 Å². The van der Waals surface area contributed by atoms with Crippen molar-refractivity contribution in [2.75, 3.05) is 0 Å². The molecule has 0 N–H and O–H groups in total. The number of Topliss-reactive ketones (excluding diaryl/α,β-unsaturated/α-hetero) is 2. The van der Waals surface area contributed by atoms with Crippen LogP contribution in [0.1, 0.15) is 65.2 Å². The molecule has 0 amide bonds. The van der Waals surface area contributed by atoms with Gasteiger partial charge in [-0.1, -0.05) is 39.5 Å². The van der Waals surface area contributed by atoms with Crippen molar-refractivity contribution in [3.63, 3.8) is 0 Å². The first-order chi connectivity index (χ1) is 11.7. The van der Waals surface area contributed by atoms with Gasteiger partial charge in [-0.05, 0) is 64.2 Å². The Morgan fingerprint density at radius 1 is 0.640 bits per heavy atom. The van der Waals surface area contributed by atoms with Crippen LogP contribution in [0.3, 0.4) is 0 Å². The molecule has 0 spiro atoms. The van der Waals surface area contributed by atoms with E-state index < -0.39 is 0 Å². The van der Waals surface area contributed by atoms with Gasteiger partial charge < -0.3 is 0 Å². The zero-order valence-electron chi connectivity index (χ0n) is 15.4. The second kappa shape index (κ2) is 16.1. The molecule has 2 aliphatic carbocycles. The summed E-state index contributed by atoms with van der Waals surface area (Å²) in [6.45, 7) is 4.29. The number of rotatable bonds is 10. The maximum absolute atomic E-state index is 11.4. The molecule has 0 unspecified atom stereocenters. The van der Waals surface area contributed by atoms with Crippen molar-refractivity contribution in [3.05, 3.63) is 63.2 Å². The Bertz CT molecular complexity index is 308. The molecular weight excluding hydrogens is 352 g/mol. The molecular formula is C22H30FeO2+2. The average molecular weight is 382 g/mol. The van der Waals surface area contributed by atoms with Crippen LogP contribution in [0.5, 0.6) is 0 Å². The Hall–Kier alpha value is -0.141. The van der Waals surface area contributed by atoms with E-state index in [9.17, 15) is 9.59 Å². The minimum Gasteiger partial charge on any atom is -0.299 e. The summed E-state index contributed by atoms with van der Waals surface area (Å²) in [4.78, 5) is 22.8. The minimum absolute atomic E-state index is 0. The van der Waals surface area contributed by atoms with Gasteiger partial charge in [0, 0.05) is 24.7 Å². The van der Waals surface area contributed by atoms with Crippen LogP contribution in [0.2, 0.25) is 0 Å².